The molecule has 0 spiro atoms. The van der Waals surface area contributed by atoms with Crippen LogP contribution in [0.4, 0.5) is 0 Å². The van der Waals surface area contributed by atoms with Crippen molar-refractivity contribution in [1.82, 2.24) is 15.1 Å². The molecule has 24 heavy (non-hydrogen) atoms. The summed E-state index contributed by atoms with van der Waals surface area (Å²) in [5.74, 6) is 1.83. The highest BCUT2D eigenvalue weighted by Gasteiger charge is 2.32. The first-order chi connectivity index (χ1) is 11.5. The third-order valence-corrected chi connectivity index (χ3v) is 5.81. The molecule has 0 saturated carbocycles. The molecule has 1 saturated heterocycles. The summed E-state index contributed by atoms with van der Waals surface area (Å²) >= 11 is 1.81. The van der Waals surface area contributed by atoms with Gasteiger partial charge in [-0.3, -0.25) is 0 Å². The van der Waals surface area contributed by atoms with Crippen molar-refractivity contribution in [3.05, 3.63) is 47.3 Å². The Hall–Kier alpha value is -1.81. The Kier molecular flexibility index (Phi) is 4.95. The van der Waals surface area contributed by atoms with Gasteiger partial charge in [-0.25, -0.2) is 4.68 Å². The maximum Gasteiger partial charge on any atom is 0.0991 e. The molecule has 1 aromatic heterocycles. The summed E-state index contributed by atoms with van der Waals surface area (Å²) in [4.78, 5) is 0. The molecule has 1 aromatic carbocycles. The van der Waals surface area contributed by atoms with E-state index in [0.29, 0.717) is 12.1 Å². The summed E-state index contributed by atoms with van der Waals surface area (Å²) in [7, 11) is 0. The van der Waals surface area contributed by atoms with E-state index in [2.05, 4.69) is 23.4 Å². The molecular formula is C18H22N4OS. The van der Waals surface area contributed by atoms with Crippen LogP contribution in [0.2, 0.25) is 0 Å². The van der Waals surface area contributed by atoms with Crippen LogP contribution < -0.4 is 5.32 Å². The van der Waals surface area contributed by atoms with Crippen molar-refractivity contribution in [1.29, 1.82) is 5.26 Å². The fraction of sp³-hybridized carbons (Fsp3) is 0.444. The van der Waals surface area contributed by atoms with E-state index in [1.165, 1.54) is 0 Å². The van der Waals surface area contributed by atoms with Crippen LogP contribution in [0.1, 0.15) is 36.2 Å². The predicted octanol–water partition coefficient (Wildman–Crippen LogP) is 2.57. The monoisotopic (exact) mass is 342 g/mol. The zero-order valence-electron chi connectivity index (χ0n) is 14.0. The van der Waals surface area contributed by atoms with Crippen LogP contribution in [-0.4, -0.2) is 38.5 Å². The second-order valence-corrected chi connectivity index (χ2v) is 7.49. The predicted molar refractivity (Wildman–Crippen MR) is 96.3 cm³/mol. The van der Waals surface area contributed by atoms with Crippen molar-refractivity contribution >= 4 is 11.8 Å². The second-order valence-electron chi connectivity index (χ2n) is 6.39. The first-order valence-corrected chi connectivity index (χ1v) is 9.26. The van der Waals surface area contributed by atoms with Crippen LogP contribution >= 0.6 is 11.8 Å². The van der Waals surface area contributed by atoms with Gasteiger partial charge in [0.1, 0.15) is 0 Å². The Morgan fingerprint density at radius 2 is 2.21 bits per heavy atom. The topological polar surface area (TPSA) is 73.9 Å². The fourth-order valence-electron chi connectivity index (χ4n) is 2.97. The number of hydrogen-bond donors (Lipinski definition) is 2. The number of rotatable bonds is 5. The van der Waals surface area contributed by atoms with Gasteiger partial charge in [0, 0.05) is 29.6 Å². The number of aliphatic hydroxyl groups is 1. The van der Waals surface area contributed by atoms with Crippen molar-refractivity contribution in [3.8, 4) is 11.8 Å². The first-order valence-electron chi connectivity index (χ1n) is 8.11. The van der Waals surface area contributed by atoms with E-state index >= 15 is 0 Å². The van der Waals surface area contributed by atoms with Crippen molar-refractivity contribution in [2.75, 3.05) is 18.1 Å². The second kappa shape index (κ2) is 6.98. The maximum absolute atomic E-state index is 10.5. The molecule has 2 N–H and O–H groups in total. The SMILES string of the molecule is Cc1c(C(C)NCC2(O)CCSC2)cnn1-c1ccc(C#N)cc1. The molecule has 1 aliphatic rings. The highest BCUT2D eigenvalue weighted by atomic mass is 32.2. The minimum absolute atomic E-state index is 0.117. The first kappa shape index (κ1) is 17.0. The fourth-order valence-corrected chi connectivity index (χ4v) is 4.27. The summed E-state index contributed by atoms with van der Waals surface area (Å²) < 4.78 is 1.88. The van der Waals surface area contributed by atoms with Gasteiger partial charge >= 0.3 is 0 Å². The number of hydrogen-bond acceptors (Lipinski definition) is 5. The molecular weight excluding hydrogens is 320 g/mol. The third-order valence-electron chi connectivity index (χ3n) is 4.58. The molecule has 3 rings (SSSR count). The molecule has 2 aromatic rings. The summed E-state index contributed by atoms with van der Waals surface area (Å²) in [6, 6.07) is 9.64. The van der Waals surface area contributed by atoms with E-state index in [1.54, 1.807) is 23.9 Å². The van der Waals surface area contributed by atoms with Crippen molar-refractivity contribution in [2.24, 2.45) is 0 Å². The number of nitrogens with zero attached hydrogens (tertiary/aromatic N) is 3. The van der Waals surface area contributed by atoms with Crippen molar-refractivity contribution in [3.63, 3.8) is 0 Å². The Balaban J connectivity index is 1.72. The van der Waals surface area contributed by atoms with Crippen LogP contribution in [0.3, 0.4) is 0 Å². The van der Waals surface area contributed by atoms with Gasteiger partial charge in [0.2, 0.25) is 0 Å². The van der Waals surface area contributed by atoms with Crippen LogP contribution in [-0.2, 0) is 0 Å². The lowest BCUT2D eigenvalue weighted by Gasteiger charge is -2.24. The Bertz CT molecular complexity index is 741. The van der Waals surface area contributed by atoms with Gasteiger partial charge in [-0.15, -0.1) is 0 Å². The average Bonchev–Trinajstić information content (AvgIpc) is 3.19. The van der Waals surface area contributed by atoms with Crippen LogP contribution in [0.25, 0.3) is 5.69 Å². The highest BCUT2D eigenvalue weighted by molar-refractivity contribution is 7.99. The average molecular weight is 342 g/mol. The number of nitriles is 1. The molecule has 2 atom stereocenters. The smallest absolute Gasteiger partial charge is 0.0991 e. The molecule has 0 radical (unpaired) electrons. The summed E-state index contributed by atoms with van der Waals surface area (Å²) in [5, 5.41) is 27.3. The lowest BCUT2D eigenvalue weighted by atomic mass is 10.0. The number of nitrogens with one attached hydrogen (secondary N) is 1. The molecule has 1 fully saturated rings. The van der Waals surface area contributed by atoms with E-state index in [1.807, 2.05) is 29.9 Å². The standard InChI is InChI=1S/C18H22N4OS/c1-13(20-11-18(23)7-8-24-12-18)17-10-21-22(14(17)2)16-5-3-15(9-19)4-6-16/h3-6,10,13,20,23H,7-8,11-12H2,1-2H3. The van der Waals surface area contributed by atoms with Gasteiger partial charge in [0.05, 0.1) is 29.1 Å². The lowest BCUT2D eigenvalue weighted by Crippen LogP contribution is -2.41. The molecule has 1 aliphatic heterocycles. The summed E-state index contributed by atoms with van der Waals surface area (Å²) in [5.41, 5.74) is 3.18. The Morgan fingerprint density at radius 3 is 2.83 bits per heavy atom. The van der Waals surface area contributed by atoms with Gasteiger partial charge in [-0.2, -0.15) is 22.1 Å². The molecule has 2 heterocycles. The van der Waals surface area contributed by atoms with E-state index in [0.717, 1.165) is 34.9 Å². The minimum atomic E-state index is -0.587. The molecule has 0 aliphatic carbocycles. The molecule has 126 valence electrons. The van der Waals surface area contributed by atoms with Gasteiger partial charge in [-0.05, 0) is 50.3 Å². The third kappa shape index (κ3) is 3.48. The van der Waals surface area contributed by atoms with E-state index in [9.17, 15) is 5.11 Å². The highest BCUT2D eigenvalue weighted by Crippen LogP contribution is 2.28. The molecule has 5 nitrogen and oxygen atoms in total. The Morgan fingerprint density at radius 1 is 1.46 bits per heavy atom. The van der Waals surface area contributed by atoms with Gasteiger partial charge < -0.3 is 10.4 Å². The number of thioether (sulfide) groups is 1. The van der Waals surface area contributed by atoms with Gasteiger partial charge in [-0.1, -0.05) is 0 Å². The Labute approximate surface area is 146 Å². The van der Waals surface area contributed by atoms with Crippen LogP contribution in [0, 0.1) is 18.3 Å². The van der Waals surface area contributed by atoms with Gasteiger partial charge in [0.15, 0.2) is 0 Å². The largest absolute Gasteiger partial charge is 0.388 e. The molecule has 6 heteroatoms. The normalized spacial score (nSPS) is 21.6. The summed E-state index contributed by atoms with van der Waals surface area (Å²) in [6.45, 7) is 4.74. The zero-order valence-corrected chi connectivity index (χ0v) is 14.8. The van der Waals surface area contributed by atoms with E-state index in [4.69, 9.17) is 5.26 Å². The van der Waals surface area contributed by atoms with Gasteiger partial charge in [0.25, 0.3) is 0 Å². The van der Waals surface area contributed by atoms with Crippen LogP contribution in [0.5, 0.6) is 0 Å². The zero-order chi connectivity index (χ0) is 17.2. The maximum atomic E-state index is 10.5. The molecule has 2 unspecified atom stereocenters. The lowest BCUT2D eigenvalue weighted by molar-refractivity contribution is 0.0651. The number of aromatic nitrogens is 2. The molecule has 0 amide bonds. The van der Waals surface area contributed by atoms with Crippen LogP contribution in [0.15, 0.2) is 30.5 Å². The quantitative estimate of drug-likeness (QED) is 0.874. The van der Waals surface area contributed by atoms with Crippen molar-refractivity contribution < 1.29 is 5.11 Å². The summed E-state index contributed by atoms with van der Waals surface area (Å²) in [6.07, 6.45) is 2.72. The van der Waals surface area contributed by atoms with E-state index in [-0.39, 0.29) is 6.04 Å². The molecule has 0 bridgehead atoms. The van der Waals surface area contributed by atoms with Crippen molar-refractivity contribution in [2.45, 2.75) is 31.9 Å². The van der Waals surface area contributed by atoms with E-state index < -0.39 is 5.60 Å². The minimum Gasteiger partial charge on any atom is -0.388 e. The number of benzene rings is 1.